The van der Waals surface area contributed by atoms with E-state index >= 15 is 0 Å². The molecule has 0 aliphatic heterocycles. The van der Waals surface area contributed by atoms with Gasteiger partial charge >= 0.3 is 0 Å². The van der Waals surface area contributed by atoms with E-state index in [0.29, 0.717) is 17.8 Å². The van der Waals surface area contributed by atoms with Crippen LogP contribution >= 0.6 is 11.3 Å². The molecule has 0 bridgehead atoms. The molecule has 0 spiro atoms. The third-order valence-corrected chi connectivity index (χ3v) is 7.02. The van der Waals surface area contributed by atoms with E-state index in [1.807, 2.05) is 39.0 Å². The van der Waals surface area contributed by atoms with Crippen molar-refractivity contribution < 1.29 is 9.18 Å². The molecule has 0 atom stereocenters. The summed E-state index contributed by atoms with van der Waals surface area (Å²) >= 11 is 1.09. The first kappa shape index (κ1) is 23.9. The first-order valence-electron chi connectivity index (χ1n) is 12.1. The van der Waals surface area contributed by atoms with E-state index in [-0.39, 0.29) is 16.5 Å². The van der Waals surface area contributed by atoms with Crippen LogP contribution in [0.15, 0.2) is 61.3 Å². The lowest BCUT2D eigenvalue weighted by molar-refractivity contribution is -0.117. The predicted octanol–water partition coefficient (Wildman–Crippen LogP) is 6.81. The number of rotatable bonds is 5. The summed E-state index contributed by atoms with van der Waals surface area (Å²) in [6, 6.07) is 9.12. The number of amides is 1. The van der Waals surface area contributed by atoms with Crippen LogP contribution in [0, 0.1) is 10.5 Å². The second-order valence-corrected chi connectivity index (χ2v) is 11.4. The number of halogens is 1. The van der Waals surface area contributed by atoms with Gasteiger partial charge in [0.15, 0.2) is 10.8 Å². The van der Waals surface area contributed by atoms with Crippen LogP contribution in [0.25, 0.3) is 54.9 Å². The zero-order valence-corrected chi connectivity index (χ0v) is 21.8. The maximum Gasteiger partial charge on any atom is 0.224 e. The van der Waals surface area contributed by atoms with E-state index in [1.54, 1.807) is 37.1 Å². The zero-order chi connectivity index (χ0) is 26.4. The Morgan fingerprint density at radius 3 is 2.61 bits per heavy atom. The predicted molar refractivity (Wildman–Crippen MR) is 148 cm³/mol. The van der Waals surface area contributed by atoms with Crippen molar-refractivity contribution in [2.45, 2.75) is 27.2 Å². The maximum absolute atomic E-state index is 13.7. The highest BCUT2D eigenvalue weighted by Crippen LogP contribution is 2.36. The molecule has 6 heterocycles. The van der Waals surface area contributed by atoms with Crippen LogP contribution in [0.1, 0.15) is 27.2 Å². The van der Waals surface area contributed by atoms with Gasteiger partial charge in [-0.3, -0.25) is 19.9 Å². The van der Waals surface area contributed by atoms with Gasteiger partial charge in [-0.15, -0.1) is 11.3 Å². The fourth-order valence-electron chi connectivity index (χ4n) is 4.46. The second kappa shape index (κ2) is 9.14. The lowest BCUT2D eigenvalue weighted by atomic mass is 9.92. The highest BCUT2D eigenvalue weighted by atomic mass is 32.1. The van der Waals surface area contributed by atoms with Gasteiger partial charge in [0.1, 0.15) is 0 Å². The summed E-state index contributed by atoms with van der Waals surface area (Å²) in [4.78, 5) is 29.8. The summed E-state index contributed by atoms with van der Waals surface area (Å²) in [6.07, 6.45) is 9.02. The third kappa shape index (κ3) is 4.66. The molecule has 10 heteroatoms. The Hall–Kier alpha value is -4.44. The first-order chi connectivity index (χ1) is 18.2. The lowest BCUT2D eigenvalue weighted by Crippen LogP contribution is -2.19. The topological polar surface area (TPSA) is 112 Å². The van der Waals surface area contributed by atoms with Gasteiger partial charge in [0, 0.05) is 57.4 Å². The number of H-pyrrole nitrogens is 2. The maximum atomic E-state index is 13.7. The van der Waals surface area contributed by atoms with Crippen molar-refractivity contribution in [2.75, 3.05) is 5.32 Å². The number of carbonyl (C=O) groups excluding carboxylic acids is 1. The number of hydrogen-bond donors (Lipinski definition) is 3. The fraction of sp³-hybridized carbons (Fsp3) is 0.179. The van der Waals surface area contributed by atoms with Crippen molar-refractivity contribution in [3.63, 3.8) is 0 Å². The monoisotopic (exact) mass is 525 g/mol. The molecule has 38 heavy (non-hydrogen) atoms. The second-order valence-electron chi connectivity index (χ2n) is 10.4. The molecule has 0 saturated carbocycles. The molecule has 6 aromatic heterocycles. The van der Waals surface area contributed by atoms with Crippen LogP contribution in [0.3, 0.4) is 0 Å². The average Bonchev–Trinajstić information content (AvgIpc) is 3.60. The van der Waals surface area contributed by atoms with Crippen LogP contribution in [0.4, 0.5) is 10.1 Å². The van der Waals surface area contributed by atoms with Crippen molar-refractivity contribution >= 4 is 44.9 Å². The van der Waals surface area contributed by atoms with Gasteiger partial charge in [-0.25, -0.2) is 4.98 Å². The zero-order valence-electron chi connectivity index (χ0n) is 21.0. The van der Waals surface area contributed by atoms with E-state index in [0.717, 1.165) is 60.6 Å². The van der Waals surface area contributed by atoms with Crippen LogP contribution in [-0.2, 0) is 4.79 Å². The molecule has 190 valence electrons. The number of aromatic nitrogens is 6. The SMILES string of the molecule is CC(C)(C)CC(=O)Nc1cncc(-c2cnc3n[nH]c(-c4cc5c(-c6ccc(F)s6)cncc5[nH]4)c3c2)c1. The molecule has 0 aromatic carbocycles. The molecule has 0 radical (unpaired) electrons. The standard InChI is InChI=1S/C28H24FN7OS/c1-28(2,3)9-25(37)33-17-6-15(10-30-12-17)16-7-19-26(35-36-27(19)32-11-16)21-8-18-20(13-31-14-22(18)34-21)23-4-5-24(29)38-23/h4-8,10-14,34H,9H2,1-3H3,(H,33,37)(H,32,35,36). The first-order valence-corrected chi connectivity index (χ1v) is 12.9. The Bertz CT molecular complexity index is 1810. The molecular weight excluding hydrogens is 501 g/mol. The summed E-state index contributed by atoms with van der Waals surface area (Å²) in [6.45, 7) is 6.07. The van der Waals surface area contributed by atoms with Gasteiger partial charge in [0.25, 0.3) is 0 Å². The number of aromatic amines is 2. The number of anilines is 1. The lowest BCUT2D eigenvalue weighted by Gasteiger charge is -2.17. The van der Waals surface area contributed by atoms with Crippen molar-refractivity contribution in [3.05, 3.63) is 66.4 Å². The summed E-state index contributed by atoms with van der Waals surface area (Å²) in [5, 5.41) is 11.9. The summed E-state index contributed by atoms with van der Waals surface area (Å²) in [5.41, 5.74) is 6.04. The Kier molecular flexibility index (Phi) is 5.76. The number of carbonyl (C=O) groups is 1. The van der Waals surface area contributed by atoms with E-state index < -0.39 is 0 Å². The molecular formula is C28H24FN7OS. The molecule has 0 aliphatic carbocycles. The number of fused-ring (bicyclic) bond motifs is 2. The van der Waals surface area contributed by atoms with E-state index in [9.17, 15) is 9.18 Å². The average molecular weight is 526 g/mol. The minimum Gasteiger partial charge on any atom is -0.352 e. The number of hydrogen-bond acceptors (Lipinski definition) is 6. The van der Waals surface area contributed by atoms with E-state index in [1.165, 1.54) is 6.07 Å². The molecule has 3 N–H and O–H groups in total. The molecule has 8 nitrogen and oxygen atoms in total. The summed E-state index contributed by atoms with van der Waals surface area (Å²) in [5.74, 6) is -0.0555. The summed E-state index contributed by atoms with van der Waals surface area (Å²) < 4.78 is 13.7. The number of thiophene rings is 1. The molecule has 6 rings (SSSR count). The highest BCUT2D eigenvalue weighted by molar-refractivity contribution is 7.14. The smallest absolute Gasteiger partial charge is 0.224 e. The van der Waals surface area contributed by atoms with Gasteiger partial charge < -0.3 is 10.3 Å². The van der Waals surface area contributed by atoms with Crippen LogP contribution < -0.4 is 5.32 Å². The Labute approximate surface area is 221 Å². The quantitative estimate of drug-likeness (QED) is 0.229. The van der Waals surface area contributed by atoms with Gasteiger partial charge in [0.05, 0.1) is 35.0 Å². The van der Waals surface area contributed by atoms with Crippen LogP contribution in [0.2, 0.25) is 0 Å². The largest absolute Gasteiger partial charge is 0.352 e. The summed E-state index contributed by atoms with van der Waals surface area (Å²) in [7, 11) is 0. The van der Waals surface area contributed by atoms with E-state index in [2.05, 4.69) is 35.5 Å². The molecule has 0 fully saturated rings. The van der Waals surface area contributed by atoms with Gasteiger partial charge in [-0.1, -0.05) is 20.8 Å². The van der Waals surface area contributed by atoms with Gasteiger partial charge in [0.2, 0.25) is 5.91 Å². The Balaban J connectivity index is 1.36. The minimum atomic E-state index is -0.238. The van der Waals surface area contributed by atoms with Crippen molar-refractivity contribution in [2.24, 2.45) is 5.41 Å². The van der Waals surface area contributed by atoms with Crippen LogP contribution in [-0.4, -0.2) is 36.0 Å². The number of nitrogens with one attached hydrogen (secondary N) is 3. The van der Waals surface area contributed by atoms with E-state index in [4.69, 9.17) is 0 Å². The van der Waals surface area contributed by atoms with Crippen molar-refractivity contribution in [1.82, 2.24) is 30.1 Å². The van der Waals surface area contributed by atoms with Crippen LogP contribution in [0.5, 0.6) is 0 Å². The number of pyridine rings is 3. The highest BCUT2D eigenvalue weighted by Gasteiger charge is 2.18. The fourth-order valence-corrected chi connectivity index (χ4v) is 5.21. The van der Waals surface area contributed by atoms with Crippen molar-refractivity contribution in [3.8, 4) is 33.0 Å². The molecule has 0 aliphatic rings. The number of nitrogens with zero attached hydrogens (tertiary/aromatic N) is 4. The normalized spacial score (nSPS) is 11.9. The van der Waals surface area contributed by atoms with Gasteiger partial charge in [-0.2, -0.15) is 9.49 Å². The van der Waals surface area contributed by atoms with Crippen molar-refractivity contribution in [1.29, 1.82) is 0 Å². The van der Waals surface area contributed by atoms with Gasteiger partial charge in [-0.05, 0) is 35.7 Å². The molecule has 0 unspecified atom stereocenters. The Morgan fingerprint density at radius 1 is 1.00 bits per heavy atom. The molecule has 0 saturated heterocycles. The Morgan fingerprint density at radius 2 is 1.82 bits per heavy atom. The third-order valence-electron chi connectivity index (χ3n) is 6.11. The minimum absolute atomic E-state index is 0.0555. The molecule has 6 aromatic rings. The molecule has 1 amide bonds.